The Bertz CT molecular complexity index is 850. The normalized spacial score (nSPS) is 13.9. The van der Waals surface area contributed by atoms with Crippen molar-refractivity contribution in [2.24, 2.45) is 0 Å². The van der Waals surface area contributed by atoms with Gasteiger partial charge in [0.1, 0.15) is 0 Å². The van der Waals surface area contributed by atoms with Crippen LogP contribution in [0.4, 0.5) is 5.69 Å². The first-order valence-corrected chi connectivity index (χ1v) is 9.60. The molecule has 2 aromatic carbocycles. The van der Waals surface area contributed by atoms with Crippen LogP contribution in [0.15, 0.2) is 42.5 Å². The first-order valence-electron chi connectivity index (χ1n) is 9.60. The van der Waals surface area contributed by atoms with Gasteiger partial charge >= 0.3 is 0 Å². The highest BCUT2D eigenvalue weighted by atomic mass is 16.5. The lowest BCUT2D eigenvalue weighted by molar-refractivity contribution is -0.119. The summed E-state index contributed by atoms with van der Waals surface area (Å²) in [5, 5.41) is 2.92. The summed E-state index contributed by atoms with van der Waals surface area (Å²) >= 11 is 0. The Labute approximate surface area is 165 Å². The van der Waals surface area contributed by atoms with Crippen molar-refractivity contribution in [2.45, 2.75) is 32.7 Å². The maximum Gasteiger partial charge on any atom is 0.251 e. The molecule has 2 amide bonds. The molecule has 0 unspecified atom stereocenters. The van der Waals surface area contributed by atoms with E-state index in [4.69, 9.17) is 9.47 Å². The van der Waals surface area contributed by atoms with Crippen LogP contribution in [-0.4, -0.2) is 32.1 Å². The number of carbonyl (C=O) groups excluding carboxylic acids is 2. The average molecular weight is 382 g/mol. The van der Waals surface area contributed by atoms with Gasteiger partial charge in [-0.1, -0.05) is 12.1 Å². The van der Waals surface area contributed by atoms with Crippen molar-refractivity contribution in [3.8, 4) is 11.5 Å². The zero-order valence-corrected chi connectivity index (χ0v) is 16.4. The predicted molar refractivity (Wildman–Crippen MR) is 108 cm³/mol. The summed E-state index contributed by atoms with van der Waals surface area (Å²) in [5.74, 6) is 1.11. The number of ether oxygens (including phenoxy) is 2. The summed E-state index contributed by atoms with van der Waals surface area (Å²) in [6, 6.07) is 12.9. The molecule has 1 aliphatic heterocycles. The molecule has 1 aliphatic rings. The summed E-state index contributed by atoms with van der Waals surface area (Å²) in [6.07, 6.45) is 2.57. The fourth-order valence-corrected chi connectivity index (χ4v) is 3.28. The Morgan fingerprint density at radius 1 is 1.14 bits per heavy atom. The van der Waals surface area contributed by atoms with E-state index in [9.17, 15) is 9.59 Å². The minimum absolute atomic E-state index is 0.161. The Morgan fingerprint density at radius 3 is 2.75 bits per heavy atom. The number of nitrogens with zero attached hydrogens (tertiary/aromatic N) is 1. The van der Waals surface area contributed by atoms with Crippen molar-refractivity contribution in [3.63, 3.8) is 0 Å². The van der Waals surface area contributed by atoms with Crippen molar-refractivity contribution >= 4 is 17.5 Å². The molecule has 0 saturated carbocycles. The molecule has 0 bridgehead atoms. The van der Waals surface area contributed by atoms with Gasteiger partial charge in [0.15, 0.2) is 11.5 Å². The largest absolute Gasteiger partial charge is 0.493 e. The molecule has 0 aliphatic carbocycles. The highest BCUT2D eigenvalue weighted by Gasteiger charge is 2.19. The van der Waals surface area contributed by atoms with Gasteiger partial charge in [-0.2, -0.15) is 0 Å². The lowest BCUT2D eigenvalue weighted by Crippen LogP contribution is -2.35. The summed E-state index contributed by atoms with van der Waals surface area (Å²) in [7, 11) is 1.57. The topological polar surface area (TPSA) is 67.9 Å². The van der Waals surface area contributed by atoms with Gasteiger partial charge in [0.05, 0.1) is 13.7 Å². The van der Waals surface area contributed by atoms with Crippen LogP contribution in [0, 0.1) is 0 Å². The maximum absolute atomic E-state index is 12.5. The first kappa shape index (κ1) is 19.7. The average Bonchev–Trinajstić information content (AvgIpc) is 2.73. The molecule has 1 fully saturated rings. The fraction of sp³-hybridized carbons (Fsp3) is 0.364. The number of methoxy groups -OCH3 is 1. The van der Waals surface area contributed by atoms with Crippen LogP contribution in [0.2, 0.25) is 0 Å². The van der Waals surface area contributed by atoms with E-state index in [0.717, 1.165) is 30.6 Å². The van der Waals surface area contributed by atoms with Crippen LogP contribution < -0.4 is 19.7 Å². The Hall–Kier alpha value is -3.02. The van der Waals surface area contributed by atoms with Gasteiger partial charge in [-0.15, -0.1) is 0 Å². The van der Waals surface area contributed by atoms with Crippen molar-refractivity contribution < 1.29 is 19.1 Å². The molecule has 148 valence electrons. The van der Waals surface area contributed by atoms with E-state index in [-0.39, 0.29) is 11.8 Å². The Balaban J connectivity index is 1.67. The van der Waals surface area contributed by atoms with E-state index in [0.29, 0.717) is 36.6 Å². The Kier molecular flexibility index (Phi) is 6.53. The molecule has 28 heavy (non-hydrogen) atoms. The molecule has 6 nitrogen and oxygen atoms in total. The zero-order chi connectivity index (χ0) is 19.9. The smallest absolute Gasteiger partial charge is 0.251 e. The Morgan fingerprint density at radius 2 is 2.00 bits per heavy atom. The van der Waals surface area contributed by atoms with Gasteiger partial charge in [0.2, 0.25) is 5.91 Å². The number of hydrogen-bond donors (Lipinski definition) is 1. The summed E-state index contributed by atoms with van der Waals surface area (Å²) in [4.78, 5) is 26.5. The number of nitrogens with one attached hydrogen (secondary N) is 1. The number of hydrogen-bond acceptors (Lipinski definition) is 4. The number of anilines is 1. The molecular formula is C22H26N2O4. The molecule has 1 saturated heterocycles. The quantitative estimate of drug-likeness (QED) is 0.795. The monoisotopic (exact) mass is 382 g/mol. The lowest BCUT2D eigenvalue weighted by Gasteiger charge is -2.27. The SMILES string of the molecule is CCOc1cc(C(=O)NCc2cccc(N3CCCCC3=O)c2)ccc1OC. The third kappa shape index (κ3) is 4.63. The minimum Gasteiger partial charge on any atom is -0.493 e. The summed E-state index contributed by atoms with van der Waals surface area (Å²) < 4.78 is 10.8. The van der Waals surface area contributed by atoms with Crippen molar-refractivity contribution in [2.75, 3.05) is 25.2 Å². The number of amides is 2. The third-order valence-corrected chi connectivity index (χ3v) is 4.72. The van der Waals surface area contributed by atoms with E-state index in [1.807, 2.05) is 36.1 Å². The van der Waals surface area contributed by atoms with Crippen LogP contribution in [0.5, 0.6) is 11.5 Å². The van der Waals surface area contributed by atoms with Crippen molar-refractivity contribution in [1.82, 2.24) is 5.32 Å². The molecule has 6 heteroatoms. The minimum atomic E-state index is -0.192. The first-order chi connectivity index (χ1) is 13.6. The molecule has 0 spiro atoms. The number of piperidine rings is 1. The van der Waals surface area contributed by atoms with Gasteiger partial charge in [-0.05, 0) is 55.7 Å². The van der Waals surface area contributed by atoms with Crippen molar-refractivity contribution in [1.29, 1.82) is 0 Å². The summed E-state index contributed by atoms with van der Waals surface area (Å²) in [5.41, 5.74) is 2.34. The molecule has 1 heterocycles. The van der Waals surface area contributed by atoms with Crippen LogP contribution >= 0.6 is 0 Å². The standard InChI is InChI=1S/C22H26N2O4/c1-3-28-20-14-17(10-11-19(20)27-2)22(26)23-15-16-7-6-8-18(13-16)24-12-5-4-9-21(24)25/h6-8,10-11,13-14H,3-5,9,12,15H2,1-2H3,(H,23,26). The fourth-order valence-electron chi connectivity index (χ4n) is 3.28. The van der Waals surface area contributed by atoms with Gasteiger partial charge in [0, 0.05) is 30.8 Å². The number of benzene rings is 2. The van der Waals surface area contributed by atoms with E-state index < -0.39 is 0 Å². The van der Waals surface area contributed by atoms with E-state index in [1.54, 1.807) is 25.3 Å². The van der Waals surface area contributed by atoms with E-state index in [1.165, 1.54) is 0 Å². The number of carbonyl (C=O) groups is 2. The van der Waals surface area contributed by atoms with Gasteiger partial charge in [0.25, 0.3) is 5.91 Å². The molecule has 0 atom stereocenters. The second-order valence-corrected chi connectivity index (χ2v) is 6.65. The lowest BCUT2D eigenvalue weighted by atomic mass is 10.1. The third-order valence-electron chi connectivity index (χ3n) is 4.72. The molecule has 2 aromatic rings. The molecule has 0 radical (unpaired) electrons. The highest BCUT2D eigenvalue weighted by Crippen LogP contribution is 2.28. The van der Waals surface area contributed by atoms with Gasteiger partial charge in [-0.25, -0.2) is 0 Å². The molecule has 1 N–H and O–H groups in total. The zero-order valence-electron chi connectivity index (χ0n) is 16.4. The van der Waals surface area contributed by atoms with E-state index >= 15 is 0 Å². The molecular weight excluding hydrogens is 356 g/mol. The van der Waals surface area contributed by atoms with Crippen LogP contribution in [0.1, 0.15) is 42.1 Å². The second-order valence-electron chi connectivity index (χ2n) is 6.65. The highest BCUT2D eigenvalue weighted by molar-refractivity contribution is 5.95. The molecule has 0 aromatic heterocycles. The van der Waals surface area contributed by atoms with Crippen LogP contribution in [-0.2, 0) is 11.3 Å². The number of rotatable bonds is 7. The molecule has 3 rings (SSSR count). The predicted octanol–water partition coefficient (Wildman–Crippen LogP) is 3.54. The van der Waals surface area contributed by atoms with Gasteiger partial charge < -0.3 is 19.7 Å². The van der Waals surface area contributed by atoms with E-state index in [2.05, 4.69) is 5.32 Å². The van der Waals surface area contributed by atoms with Crippen LogP contribution in [0.3, 0.4) is 0 Å². The summed E-state index contributed by atoms with van der Waals surface area (Å²) in [6.45, 7) is 3.50. The van der Waals surface area contributed by atoms with Crippen LogP contribution in [0.25, 0.3) is 0 Å². The van der Waals surface area contributed by atoms with Gasteiger partial charge in [-0.3, -0.25) is 9.59 Å². The second kappa shape index (κ2) is 9.26. The van der Waals surface area contributed by atoms with Crippen molar-refractivity contribution in [3.05, 3.63) is 53.6 Å². The maximum atomic E-state index is 12.5.